The summed E-state index contributed by atoms with van der Waals surface area (Å²) in [4.78, 5) is 14.5. The van der Waals surface area contributed by atoms with E-state index in [1.54, 1.807) is 24.3 Å². The number of benzene rings is 1. The molecule has 4 nitrogen and oxygen atoms in total. The van der Waals surface area contributed by atoms with Crippen molar-refractivity contribution in [2.45, 2.75) is 41.5 Å². The molecule has 1 aromatic rings. The summed E-state index contributed by atoms with van der Waals surface area (Å²) in [5.74, 6) is -0.639. The quantitative estimate of drug-likeness (QED) is 0.595. The van der Waals surface area contributed by atoms with E-state index in [0.717, 1.165) is 0 Å². The molecular weight excluding hydrogens is 226 g/mol. The number of rotatable bonds is 1. The van der Waals surface area contributed by atoms with E-state index in [1.807, 2.05) is 47.6 Å². The summed E-state index contributed by atoms with van der Waals surface area (Å²) >= 11 is 0. The molecule has 0 aromatic heterocycles. The van der Waals surface area contributed by atoms with Crippen LogP contribution in [0.5, 0.6) is 0 Å². The maximum absolute atomic E-state index is 11.1. The highest BCUT2D eigenvalue weighted by molar-refractivity contribution is 6.01. The first-order chi connectivity index (χ1) is 8.70. The maximum atomic E-state index is 11.1. The molecule has 0 aliphatic carbocycles. The number of aliphatic imine (C=N–C) groups is 1. The van der Waals surface area contributed by atoms with E-state index < -0.39 is 5.91 Å². The van der Waals surface area contributed by atoms with Crippen molar-refractivity contribution in [3.63, 3.8) is 0 Å². The third-order valence-corrected chi connectivity index (χ3v) is 1.25. The number of guanidine groups is 1. The summed E-state index contributed by atoms with van der Waals surface area (Å²) < 4.78 is 0. The van der Waals surface area contributed by atoms with Gasteiger partial charge < -0.3 is 11.5 Å². The Morgan fingerprint density at radius 1 is 0.889 bits per heavy atom. The molecule has 18 heavy (non-hydrogen) atoms. The minimum Gasteiger partial charge on any atom is -0.370 e. The van der Waals surface area contributed by atoms with Gasteiger partial charge in [-0.05, 0) is 12.1 Å². The maximum Gasteiger partial charge on any atom is 0.280 e. The fraction of sp³-hybridized carbons (Fsp3) is 0.429. The van der Waals surface area contributed by atoms with Crippen molar-refractivity contribution in [1.29, 1.82) is 0 Å². The largest absolute Gasteiger partial charge is 0.370 e. The van der Waals surface area contributed by atoms with Gasteiger partial charge in [-0.3, -0.25) is 4.79 Å². The van der Waals surface area contributed by atoms with E-state index in [-0.39, 0.29) is 5.96 Å². The fourth-order valence-electron chi connectivity index (χ4n) is 0.763. The van der Waals surface area contributed by atoms with Gasteiger partial charge in [0.05, 0.1) is 0 Å². The van der Waals surface area contributed by atoms with Crippen molar-refractivity contribution in [3.05, 3.63) is 35.9 Å². The first-order valence-electron chi connectivity index (χ1n) is 6.39. The van der Waals surface area contributed by atoms with E-state index in [4.69, 9.17) is 11.5 Å². The summed E-state index contributed by atoms with van der Waals surface area (Å²) in [6.45, 7) is 12.0. The Labute approximate surface area is 111 Å². The molecule has 1 aromatic carbocycles. The van der Waals surface area contributed by atoms with Crippen LogP contribution in [0.1, 0.15) is 51.9 Å². The fourth-order valence-corrected chi connectivity index (χ4v) is 0.763. The van der Waals surface area contributed by atoms with Crippen LogP contribution in [-0.4, -0.2) is 11.9 Å². The van der Waals surface area contributed by atoms with Crippen LogP contribution in [0.15, 0.2) is 35.3 Å². The van der Waals surface area contributed by atoms with Crippen LogP contribution < -0.4 is 11.5 Å². The van der Waals surface area contributed by atoms with Gasteiger partial charge in [0.1, 0.15) is 0 Å². The van der Waals surface area contributed by atoms with Gasteiger partial charge in [-0.15, -0.1) is 0 Å². The monoisotopic (exact) mass is 253 g/mol. The zero-order valence-electron chi connectivity index (χ0n) is 12.4. The second-order valence-corrected chi connectivity index (χ2v) is 2.21. The molecule has 0 heterocycles. The van der Waals surface area contributed by atoms with E-state index in [2.05, 4.69) is 4.99 Å². The Balaban J connectivity index is -0.000000328. The second kappa shape index (κ2) is 17.6. The van der Waals surface area contributed by atoms with Crippen molar-refractivity contribution >= 4 is 11.9 Å². The Hall–Kier alpha value is -1.84. The van der Waals surface area contributed by atoms with Gasteiger partial charge >= 0.3 is 0 Å². The summed E-state index contributed by atoms with van der Waals surface area (Å²) in [7, 11) is 0. The molecule has 0 saturated carbocycles. The average Bonchev–Trinajstić information content (AvgIpc) is 2.46. The minimum atomic E-state index is -0.421. The molecule has 0 aliphatic rings. The SMILES string of the molecule is CC.CC.CC.NC(N)=NC(=O)c1ccccc1. The first kappa shape index (κ1) is 21.4. The third kappa shape index (κ3) is 12.2. The van der Waals surface area contributed by atoms with Gasteiger partial charge in [0.2, 0.25) is 0 Å². The first-order valence-corrected chi connectivity index (χ1v) is 6.39. The average molecular weight is 253 g/mol. The molecule has 0 aliphatic heterocycles. The molecule has 1 amide bonds. The number of nitrogens with zero attached hydrogens (tertiary/aromatic N) is 1. The molecule has 0 unspecified atom stereocenters. The second-order valence-electron chi connectivity index (χ2n) is 2.21. The van der Waals surface area contributed by atoms with Crippen LogP contribution >= 0.6 is 0 Å². The van der Waals surface area contributed by atoms with Crippen LogP contribution in [0.2, 0.25) is 0 Å². The summed E-state index contributed by atoms with van der Waals surface area (Å²) in [6.07, 6.45) is 0. The van der Waals surface area contributed by atoms with E-state index in [1.165, 1.54) is 0 Å². The Morgan fingerprint density at radius 3 is 1.61 bits per heavy atom. The summed E-state index contributed by atoms with van der Waals surface area (Å²) in [5.41, 5.74) is 10.6. The highest BCUT2D eigenvalue weighted by atomic mass is 16.1. The standard InChI is InChI=1S/C8H9N3O.3C2H6/c9-8(10)11-7(12)6-4-2-1-3-5-6;3*1-2/h1-5H,(H4,9,10,11,12);3*1-2H3. The Morgan fingerprint density at radius 2 is 1.28 bits per heavy atom. The van der Waals surface area contributed by atoms with Crippen molar-refractivity contribution in [3.8, 4) is 0 Å². The number of carbonyl (C=O) groups is 1. The molecule has 1 rings (SSSR count). The molecule has 0 atom stereocenters. The van der Waals surface area contributed by atoms with Crippen molar-refractivity contribution < 1.29 is 4.79 Å². The van der Waals surface area contributed by atoms with Gasteiger partial charge in [0.25, 0.3) is 5.91 Å². The lowest BCUT2D eigenvalue weighted by molar-refractivity contribution is 0.100. The molecule has 0 fully saturated rings. The highest BCUT2D eigenvalue weighted by Gasteiger charge is 2.01. The predicted octanol–water partition coefficient (Wildman–Crippen LogP) is 3.18. The summed E-state index contributed by atoms with van der Waals surface area (Å²) in [6, 6.07) is 8.60. The van der Waals surface area contributed by atoms with E-state index in [9.17, 15) is 4.79 Å². The highest BCUT2D eigenvalue weighted by Crippen LogP contribution is 1.99. The third-order valence-electron chi connectivity index (χ3n) is 1.25. The predicted molar refractivity (Wildman–Crippen MR) is 80.6 cm³/mol. The van der Waals surface area contributed by atoms with E-state index in [0.29, 0.717) is 5.56 Å². The zero-order valence-corrected chi connectivity index (χ0v) is 12.4. The Bertz CT molecular complexity index is 304. The zero-order chi connectivity index (χ0) is 15.0. The molecule has 0 radical (unpaired) electrons. The molecular formula is C14H27N3O. The van der Waals surface area contributed by atoms with Crippen molar-refractivity contribution in [2.24, 2.45) is 16.5 Å². The molecule has 4 heteroatoms. The number of carbonyl (C=O) groups excluding carboxylic acids is 1. The normalized spacial score (nSPS) is 7.00. The molecule has 0 bridgehead atoms. The van der Waals surface area contributed by atoms with Crippen LogP contribution in [0.4, 0.5) is 0 Å². The van der Waals surface area contributed by atoms with Crippen LogP contribution in [0, 0.1) is 0 Å². The smallest absolute Gasteiger partial charge is 0.280 e. The molecule has 0 saturated heterocycles. The van der Waals surface area contributed by atoms with E-state index >= 15 is 0 Å². The lowest BCUT2D eigenvalue weighted by Crippen LogP contribution is -2.24. The number of hydrogen-bond acceptors (Lipinski definition) is 1. The summed E-state index contributed by atoms with van der Waals surface area (Å²) in [5, 5.41) is 0. The lowest BCUT2D eigenvalue weighted by atomic mass is 10.2. The topological polar surface area (TPSA) is 81.5 Å². The Kier molecular flexibility index (Phi) is 20.9. The lowest BCUT2D eigenvalue weighted by Gasteiger charge is -1.93. The van der Waals surface area contributed by atoms with Crippen LogP contribution in [0.25, 0.3) is 0 Å². The van der Waals surface area contributed by atoms with Crippen LogP contribution in [0.3, 0.4) is 0 Å². The van der Waals surface area contributed by atoms with Gasteiger partial charge in [0, 0.05) is 5.56 Å². The molecule has 4 N–H and O–H groups in total. The van der Waals surface area contributed by atoms with Crippen molar-refractivity contribution in [2.75, 3.05) is 0 Å². The van der Waals surface area contributed by atoms with Gasteiger partial charge in [-0.2, -0.15) is 4.99 Å². The van der Waals surface area contributed by atoms with Crippen molar-refractivity contribution in [1.82, 2.24) is 0 Å². The minimum absolute atomic E-state index is 0.219. The number of nitrogens with two attached hydrogens (primary N) is 2. The van der Waals surface area contributed by atoms with Crippen LogP contribution in [-0.2, 0) is 0 Å². The molecule has 0 spiro atoms. The number of amides is 1. The van der Waals surface area contributed by atoms with Gasteiger partial charge in [0.15, 0.2) is 5.96 Å². The molecule has 104 valence electrons. The van der Waals surface area contributed by atoms with Gasteiger partial charge in [-0.25, -0.2) is 0 Å². The van der Waals surface area contributed by atoms with Gasteiger partial charge in [-0.1, -0.05) is 59.7 Å². The number of hydrogen-bond donors (Lipinski definition) is 2.